The van der Waals surface area contributed by atoms with Crippen LogP contribution in [0.1, 0.15) is 35.3 Å². The molecule has 0 aliphatic carbocycles. The Balaban J connectivity index is 1.76. The molecule has 0 aromatic heterocycles. The average Bonchev–Trinajstić information content (AvgIpc) is 3.12. The van der Waals surface area contributed by atoms with E-state index < -0.39 is 0 Å². The number of anilines is 1. The zero-order chi connectivity index (χ0) is 19.4. The largest absolute Gasteiger partial charge is 0.336 e. The van der Waals surface area contributed by atoms with Crippen molar-refractivity contribution in [2.75, 3.05) is 18.0 Å². The third kappa shape index (κ3) is 4.09. The first-order valence-corrected chi connectivity index (χ1v) is 8.95. The maximum Gasteiger partial charge on any atom is 0.321 e. The number of hydrogen-bond acceptors (Lipinski definition) is 3. The van der Waals surface area contributed by atoms with Crippen LogP contribution in [-0.4, -0.2) is 36.0 Å². The van der Waals surface area contributed by atoms with Crippen molar-refractivity contribution in [3.05, 3.63) is 65.2 Å². The second-order valence-electron chi connectivity index (χ2n) is 6.77. The lowest BCUT2D eigenvalue weighted by molar-refractivity contribution is 0.0690. The molecule has 0 unspecified atom stereocenters. The fourth-order valence-corrected chi connectivity index (χ4v) is 3.04. The number of hydrogen-bond donors (Lipinski definition) is 1. The van der Waals surface area contributed by atoms with E-state index in [1.54, 1.807) is 46.2 Å². The summed E-state index contributed by atoms with van der Waals surface area (Å²) in [4.78, 5) is 28.2. The minimum atomic E-state index is -0.112. The number of urea groups is 1. The molecule has 2 aromatic rings. The summed E-state index contributed by atoms with van der Waals surface area (Å²) < 4.78 is 0. The van der Waals surface area contributed by atoms with Gasteiger partial charge < -0.3 is 10.2 Å². The van der Waals surface area contributed by atoms with Gasteiger partial charge in [-0.2, -0.15) is 5.26 Å². The quantitative estimate of drug-likeness (QED) is 0.888. The SMILES string of the molecule is CC(C)N(Cc1ccc(C#N)cc1)C(=O)c1ccc(N2CCNC2=O)cc1. The average molecular weight is 362 g/mol. The molecule has 0 saturated carbocycles. The molecule has 2 aromatic carbocycles. The second-order valence-corrected chi connectivity index (χ2v) is 6.77. The summed E-state index contributed by atoms with van der Waals surface area (Å²) in [5.41, 5.74) is 2.94. The van der Waals surface area contributed by atoms with Gasteiger partial charge in [-0.1, -0.05) is 12.1 Å². The summed E-state index contributed by atoms with van der Waals surface area (Å²) in [6, 6.07) is 16.4. The number of nitriles is 1. The van der Waals surface area contributed by atoms with E-state index in [1.807, 2.05) is 26.0 Å². The molecule has 1 heterocycles. The van der Waals surface area contributed by atoms with E-state index in [0.717, 1.165) is 11.3 Å². The lowest BCUT2D eigenvalue weighted by atomic mass is 10.1. The van der Waals surface area contributed by atoms with Crippen molar-refractivity contribution in [2.24, 2.45) is 0 Å². The molecule has 6 heteroatoms. The number of rotatable bonds is 5. The van der Waals surface area contributed by atoms with Crippen LogP contribution in [0.4, 0.5) is 10.5 Å². The number of amides is 3. The number of carbonyl (C=O) groups excluding carboxylic acids is 2. The maximum absolute atomic E-state index is 13.0. The Kier molecular flexibility index (Phi) is 5.41. The minimum absolute atomic E-state index is 0.0252. The highest BCUT2D eigenvalue weighted by Crippen LogP contribution is 2.20. The summed E-state index contributed by atoms with van der Waals surface area (Å²) in [5, 5.41) is 11.7. The monoisotopic (exact) mass is 362 g/mol. The van der Waals surface area contributed by atoms with Gasteiger partial charge in [0.25, 0.3) is 5.91 Å². The molecule has 1 saturated heterocycles. The fourth-order valence-electron chi connectivity index (χ4n) is 3.04. The van der Waals surface area contributed by atoms with Gasteiger partial charge in [0.05, 0.1) is 11.6 Å². The van der Waals surface area contributed by atoms with Crippen molar-refractivity contribution < 1.29 is 9.59 Å². The van der Waals surface area contributed by atoms with Crippen LogP contribution in [0.25, 0.3) is 0 Å². The number of carbonyl (C=O) groups is 2. The topological polar surface area (TPSA) is 76.4 Å². The van der Waals surface area contributed by atoms with Crippen LogP contribution in [0.15, 0.2) is 48.5 Å². The number of nitrogens with one attached hydrogen (secondary N) is 1. The molecular weight excluding hydrogens is 340 g/mol. The Bertz CT molecular complexity index is 867. The molecule has 3 rings (SSSR count). The van der Waals surface area contributed by atoms with Crippen molar-refractivity contribution in [1.29, 1.82) is 5.26 Å². The Morgan fingerprint density at radius 1 is 1.19 bits per heavy atom. The van der Waals surface area contributed by atoms with Crippen molar-refractivity contribution in [3.8, 4) is 6.07 Å². The van der Waals surface area contributed by atoms with Crippen LogP contribution in [0, 0.1) is 11.3 Å². The van der Waals surface area contributed by atoms with Gasteiger partial charge >= 0.3 is 6.03 Å². The zero-order valence-electron chi connectivity index (χ0n) is 15.5. The van der Waals surface area contributed by atoms with Crippen molar-refractivity contribution in [1.82, 2.24) is 10.2 Å². The van der Waals surface area contributed by atoms with Crippen LogP contribution in [0.2, 0.25) is 0 Å². The van der Waals surface area contributed by atoms with Crippen molar-refractivity contribution >= 4 is 17.6 Å². The van der Waals surface area contributed by atoms with E-state index in [2.05, 4.69) is 11.4 Å². The first-order valence-electron chi connectivity index (χ1n) is 8.95. The number of nitrogens with zero attached hydrogens (tertiary/aromatic N) is 3. The standard InChI is InChI=1S/C21H22N4O2/c1-15(2)25(14-17-5-3-16(13-22)4-6-17)20(26)18-7-9-19(10-8-18)24-12-11-23-21(24)27/h3-10,15H,11-12,14H2,1-2H3,(H,23,27). The van der Waals surface area contributed by atoms with Gasteiger partial charge in [-0.15, -0.1) is 0 Å². The van der Waals surface area contributed by atoms with E-state index in [0.29, 0.717) is 30.8 Å². The molecule has 27 heavy (non-hydrogen) atoms. The predicted molar refractivity (Wildman–Crippen MR) is 103 cm³/mol. The van der Waals surface area contributed by atoms with Gasteiger partial charge in [0, 0.05) is 36.9 Å². The van der Waals surface area contributed by atoms with E-state index in [1.165, 1.54) is 0 Å². The third-order valence-electron chi connectivity index (χ3n) is 4.60. The molecule has 0 bridgehead atoms. The maximum atomic E-state index is 13.0. The fraction of sp³-hybridized carbons (Fsp3) is 0.286. The third-order valence-corrected chi connectivity index (χ3v) is 4.60. The molecular formula is C21H22N4O2. The summed E-state index contributed by atoms with van der Waals surface area (Å²) >= 11 is 0. The Hall–Kier alpha value is -3.33. The molecule has 1 aliphatic rings. The minimum Gasteiger partial charge on any atom is -0.336 e. The van der Waals surface area contributed by atoms with E-state index in [4.69, 9.17) is 5.26 Å². The van der Waals surface area contributed by atoms with Gasteiger partial charge in [0.1, 0.15) is 0 Å². The van der Waals surface area contributed by atoms with Gasteiger partial charge in [0.15, 0.2) is 0 Å². The van der Waals surface area contributed by atoms with Crippen LogP contribution >= 0.6 is 0 Å². The van der Waals surface area contributed by atoms with Crippen LogP contribution in [-0.2, 0) is 6.54 Å². The zero-order valence-corrected chi connectivity index (χ0v) is 15.5. The molecule has 138 valence electrons. The second kappa shape index (κ2) is 7.92. The van der Waals surface area contributed by atoms with E-state index in [9.17, 15) is 9.59 Å². The van der Waals surface area contributed by atoms with Gasteiger partial charge in [-0.05, 0) is 55.8 Å². The van der Waals surface area contributed by atoms with Gasteiger partial charge in [-0.3, -0.25) is 9.69 Å². The Morgan fingerprint density at radius 2 is 1.85 bits per heavy atom. The first kappa shape index (κ1) is 18.5. The van der Waals surface area contributed by atoms with Crippen molar-refractivity contribution in [3.63, 3.8) is 0 Å². The molecule has 1 aliphatic heterocycles. The molecule has 1 N–H and O–H groups in total. The molecule has 0 atom stereocenters. The summed E-state index contributed by atoms with van der Waals surface area (Å²) in [6.07, 6.45) is 0. The van der Waals surface area contributed by atoms with E-state index >= 15 is 0 Å². The molecule has 0 spiro atoms. The van der Waals surface area contributed by atoms with Crippen molar-refractivity contribution in [2.45, 2.75) is 26.4 Å². The van der Waals surface area contributed by atoms with Crippen LogP contribution in [0.3, 0.4) is 0 Å². The van der Waals surface area contributed by atoms with E-state index in [-0.39, 0.29) is 18.0 Å². The van der Waals surface area contributed by atoms with Crippen LogP contribution < -0.4 is 10.2 Å². The number of benzene rings is 2. The first-order chi connectivity index (χ1) is 13.0. The molecule has 3 amide bonds. The lowest BCUT2D eigenvalue weighted by Gasteiger charge is -2.27. The smallest absolute Gasteiger partial charge is 0.321 e. The lowest BCUT2D eigenvalue weighted by Crippen LogP contribution is -2.36. The summed E-state index contributed by atoms with van der Waals surface area (Å²) in [6.45, 7) is 5.68. The van der Waals surface area contributed by atoms with Crippen LogP contribution in [0.5, 0.6) is 0 Å². The highest BCUT2D eigenvalue weighted by atomic mass is 16.2. The Labute approximate surface area is 159 Å². The highest BCUT2D eigenvalue weighted by Gasteiger charge is 2.23. The molecule has 6 nitrogen and oxygen atoms in total. The summed E-state index contributed by atoms with van der Waals surface area (Å²) in [7, 11) is 0. The summed E-state index contributed by atoms with van der Waals surface area (Å²) in [5.74, 6) is -0.0632. The molecule has 0 radical (unpaired) electrons. The highest BCUT2D eigenvalue weighted by molar-refractivity contribution is 5.97. The predicted octanol–water partition coefficient (Wildman–Crippen LogP) is 3.14. The Morgan fingerprint density at radius 3 is 2.37 bits per heavy atom. The van der Waals surface area contributed by atoms with Gasteiger partial charge in [0.2, 0.25) is 0 Å². The van der Waals surface area contributed by atoms with Gasteiger partial charge in [-0.25, -0.2) is 4.79 Å². The molecule has 1 fully saturated rings. The normalized spacial score (nSPS) is 13.4.